The molecule has 0 amide bonds. The number of likely N-dealkylation sites (N-methyl/N-ethyl adjacent to an activating group) is 2. The molecule has 1 unspecified atom stereocenters. The Morgan fingerprint density at radius 1 is 1.21 bits per heavy atom. The molecule has 0 aromatic heterocycles. The third-order valence-corrected chi connectivity index (χ3v) is 3.99. The van der Waals surface area contributed by atoms with Gasteiger partial charge in [0, 0.05) is 31.2 Å². The first kappa shape index (κ1) is 16.9. The quantitative estimate of drug-likeness (QED) is 0.799. The van der Waals surface area contributed by atoms with E-state index in [1.807, 2.05) is 0 Å². The highest BCUT2D eigenvalue weighted by Gasteiger charge is 2.26. The molecule has 1 aliphatic heterocycles. The summed E-state index contributed by atoms with van der Waals surface area (Å²) in [6.07, 6.45) is 2.73. The molecule has 0 radical (unpaired) electrons. The zero-order chi connectivity index (χ0) is 14.7. The van der Waals surface area contributed by atoms with Crippen molar-refractivity contribution >= 4 is 0 Å². The van der Waals surface area contributed by atoms with E-state index < -0.39 is 0 Å². The fourth-order valence-electron chi connectivity index (χ4n) is 2.93. The van der Waals surface area contributed by atoms with E-state index in [-0.39, 0.29) is 5.54 Å². The molecule has 1 N–H and O–H groups in total. The molecule has 1 heterocycles. The van der Waals surface area contributed by atoms with Gasteiger partial charge in [-0.05, 0) is 59.7 Å². The Morgan fingerprint density at radius 3 is 2.32 bits per heavy atom. The van der Waals surface area contributed by atoms with E-state index in [1.54, 1.807) is 0 Å². The topological polar surface area (TPSA) is 18.5 Å². The Labute approximate surface area is 120 Å². The van der Waals surface area contributed by atoms with E-state index in [9.17, 15) is 0 Å². The Bertz CT molecular complexity index is 268. The molecule has 1 saturated heterocycles. The van der Waals surface area contributed by atoms with Crippen LogP contribution in [0.3, 0.4) is 0 Å². The first-order valence-corrected chi connectivity index (χ1v) is 7.73. The minimum absolute atomic E-state index is 0.210. The second-order valence-electron chi connectivity index (χ2n) is 8.24. The monoisotopic (exact) mass is 269 g/mol. The van der Waals surface area contributed by atoms with Crippen LogP contribution >= 0.6 is 0 Å². The van der Waals surface area contributed by atoms with Gasteiger partial charge in [-0.1, -0.05) is 13.8 Å². The first-order chi connectivity index (χ1) is 8.59. The van der Waals surface area contributed by atoms with Crippen molar-refractivity contribution < 1.29 is 0 Å². The van der Waals surface area contributed by atoms with Crippen LogP contribution in [0.1, 0.15) is 47.5 Å². The van der Waals surface area contributed by atoms with Crippen molar-refractivity contribution in [3.05, 3.63) is 0 Å². The fraction of sp³-hybridized carbons (Fsp3) is 1.00. The summed E-state index contributed by atoms with van der Waals surface area (Å²) in [6.45, 7) is 16.1. The average Bonchev–Trinajstić information content (AvgIpc) is 2.60. The van der Waals surface area contributed by atoms with E-state index in [0.29, 0.717) is 5.41 Å². The Kier molecular flexibility index (Phi) is 5.84. The highest BCUT2D eigenvalue weighted by atomic mass is 15.2. The van der Waals surface area contributed by atoms with Crippen molar-refractivity contribution in [1.29, 1.82) is 0 Å². The van der Waals surface area contributed by atoms with Gasteiger partial charge in [0.25, 0.3) is 0 Å². The molecule has 1 rings (SSSR count). The molecule has 0 aliphatic carbocycles. The maximum absolute atomic E-state index is 3.63. The number of likely N-dealkylation sites (tertiary alicyclic amines) is 1. The van der Waals surface area contributed by atoms with Gasteiger partial charge in [0.05, 0.1) is 0 Å². The number of nitrogens with zero attached hydrogens (tertiary/aromatic N) is 2. The molecule has 1 fully saturated rings. The average molecular weight is 269 g/mol. The van der Waals surface area contributed by atoms with Gasteiger partial charge in [0.2, 0.25) is 0 Å². The van der Waals surface area contributed by atoms with E-state index in [4.69, 9.17) is 0 Å². The molecule has 1 atom stereocenters. The Balaban J connectivity index is 2.35. The maximum Gasteiger partial charge on any atom is 0.0220 e. The summed E-state index contributed by atoms with van der Waals surface area (Å²) in [5.41, 5.74) is 0.528. The molecule has 0 aromatic rings. The number of rotatable bonds is 6. The van der Waals surface area contributed by atoms with Gasteiger partial charge in [0.1, 0.15) is 0 Å². The molecule has 1 aliphatic rings. The SMILES string of the molecule is CN(CC1CCCN1C)CC(C)(C)CNC(C)(C)C. The predicted octanol–water partition coefficient (Wildman–Crippen LogP) is 2.43. The lowest BCUT2D eigenvalue weighted by Crippen LogP contribution is -2.47. The highest BCUT2D eigenvalue weighted by molar-refractivity contribution is 4.83. The van der Waals surface area contributed by atoms with Gasteiger partial charge in [-0.25, -0.2) is 0 Å². The molecule has 0 saturated carbocycles. The van der Waals surface area contributed by atoms with Crippen LogP contribution in [-0.4, -0.2) is 61.7 Å². The minimum Gasteiger partial charge on any atom is -0.311 e. The van der Waals surface area contributed by atoms with Crippen LogP contribution in [0.15, 0.2) is 0 Å². The van der Waals surface area contributed by atoms with E-state index in [2.05, 4.69) is 63.8 Å². The summed E-state index contributed by atoms with van der Waals surface area (Å²) >= 11 is 0. The van der Waals surface area contributed by atoms with Gasteiger partial charge < -0.3 is 15.1 Å². The predicted molar refractivity (Wildman–Crippen MR) is 84.7 cm³/mol. The molecule has 3 nitrogen and oxygen atoms in total. The normalized spacial score (nSPS) is 22.4. The smallest absolute Gasteiger partial charge is 0.0220 e. The minimum atomic E-state index is 0.210. The Hall–Kier alpha value is -0.120. The van der Waals surface area contributed by atoms with Crippen molar-refractivity contribution in [3.63, 3.8) is 0 Å². The van der Waals surface area contributed by atoms with Gasteiger partial charge in [-0.3, -0.25) is 0 Å². The standard InChI is InChI=1S/C16H35N3/c1-15(2,3)17-12-16(4,5)13-18(6)11-14-9-8-10-19(14)7/h14,17H,8-13H2,1-7H3. The number of hydrogen-bond acceptors (Lipinski definition) is 3. The lowest BCUT2D eigenvalue weighted by Gasteiger charge is -2.35. The van der Waals surface area contributed by atoms with Crippen LogP contribution in [0.5, 0.6) is 0 Å². The van der Waals surface area contributed by atoms with Crippen molar-refractivity contribution in [2.45, 2.75) is 59.0 Å². The second kappa shape index (κ2) is 6.55. The lowest BCUT2D eigenvalue weighted by atomic mass is 9.91. The fourth-order valence-corrected chi connectivity index (χ4v) is 2.93. The summed E-state index contributed by atoms with van der Waals surface area (Å²) < 4.78 is 0. The summed E-state index contributed by atoms with van der Waals surface area (Å²) in [6, 6.07) is 0.761. The van der Waals surface area contributed by atoms with Crippen LogP contribution < -0.4 is 5.32 Å². The zero-order valence-electron chi connectivity index (χ0n) is 14.2. The van der Waals surface area contributed by atoms with Crippen LogP contribution in [0, 0.1) is 5.41 Å². The molecular formula is C16H35N3. The van der Waals surface area contributed by atoms with Crippen LogP contribution in [-0.2, 0) is 0 Å². The third-order valence-electron chi connectivity index (χ3n) is 3.99. The summed E-state index contributed by atoms with van der Waals surface area (Å²) in [4.78, 5) is 5.02. The van der Waals surface area contributed by atoms with E-state index in [0.717, 1.165) is 19.1 Å². The molecule has 0 aromatic carbocycles. The van der Waals surface area contributed by atoms with Crippen LogP contribution in [0.25, 0.3) is 0 Å². The van der Waals surface area contributed by atoms with Gasteiger partial charge >= 0.3 is 0 Å². The highest BCUT2D eigenvalue weighted by Crippen LogP contribution is 2.20. The second-order valence-corrected chi connectivity index (χ2v) is 8.24. The maximum atomic E-state index is 3.63. The molecule has 114 valence electrons. The number of nitrogens with one attached hydrogen (secondary N) is 1. The summed E-state index contributed by atoms with van der Waals surface area (Å²) in [5.74, 6) is 0. The number of hydrogen-bond donors (Lipinski definition) is 1. The molecule has 0 bridgehead atoms. The Morgan fingerprint density at radius 2 is 1.84 bits per heavy atom. The molecule has 3 heteroatoms. The molecule has 0 spiro atoms. The largest absolute Gasteiger partial charge is 0.311 e. The zero-order valence-corrected chi connectivity index (χ0v) is 14.2. The van der Waals surface area contributed by atoms with Gasteiger partial charge in [-0.2, -0.15) is 0 Å². The van der Waals surface area contributed by atoms with Crippen LogP contribution in [0.2, 0.25) is 0 Å². The first-order valence-electron chi connectivity index (χ1n) is 7.73. The van der Waals surface area contributed by atoms with Crippen molar-refractivity contribution in [1.82, 2.24) is 15.1 Å². The summed E-state index contributed by atoms with van der Waals surface area (Å²) in [7, 11) is 4.53. The van der Waals surface area contributed by atoms with E-state index >= 15 is 0 Å². The van der Waals surface area contributed by atoms with Gasteiger partial charge in [-0.15, -0.1) is 0 Å². The van der Waals surface area contributed by atoms with Gasteiger partial charge in [0.15, 0.2) is 0 Å². The summed E-state index contributed by atoms with van der Waals surface area (Å²) in [5, 5.41) is 3.63. The van der Waals surface area contributed by atoms with Crippen molar-refractivity contribution in [2.24, 2.45) is 5.41 Å². The molecular weight excluding hydrogens is 234 g/mol. The van der Waals surface area contributed by atoms with Crippen molar-refractivity contribution in [3.8, 4) is 0 Å². The van der Waals surface area contributed by atoms with Crippen LogP contribution in [0.4, 0.5) is 0 Å². The van der Waals surface area contributed by atoms with E-state index in [1.165, 1.54) is 25.9 Å². The van der Waals surface area contributed by atoms with Crippen molar-refractivity contribution in [2.75, 3.05) is 40.3 Å². The lowest BCUT2D eigenvalue weighted by molar-refractivity contribution is 0.157. The molecule has 19 heavy (non-hydrogen) atoms. The third kappa shape index (κ3) is 6.73.